The Hall–Kier alpha value is -1.21. The van der Waals surface area contributed by atoms with Crippen LogP contribution in [-0.2, 0) is 14.6 Å². The molecule has 0 saturated carbocycles. The van der Waals surface area contributed by atoms with Crippen molar-refractivity contribution in [2.45, 2.75) is 23.8 Å². The van der Waals surface area contributed by atoms with E-state index in [9.17, 15) is 18.3 Å². The van der Waals surface area contributed by atoms with Gasteiger partial charge in [0.15, 0.2) is 9.84 Å². The van der Waals surface area contributed by atoms with Gasteiger partial charge in [-0.05, 0) is 25.5 Å². The number of carbonyl (C=O) groups excluding carboxylic acids is 1. The minimum Gasteiger partial charge on any atom is -0.507 e. The van der Waals surface area contributed by atoms with Crippen molar-refractivity contribution in [2.24, 2.45) is 0 Å². The maximum atomic E-state index is 11.9. The number of rotatable bonds is 4. The van der Waals surface area contributed by atoms with Gasteiger partial charge in [0.25, 0.3) is 0 Å². The smallest absolute Gasteiger partial charge is 0.230 e. The first-order valence-corrected chi connectivity index (χ1v) is 9.03. The van der Waals surface area contributed by atoms with Crippen LogP contribution in [0, 0.1) is 0 Å². The third kappa shape index (κ3) is 3.89. The first kappa shape index (κ1) is 15.2. The predicted molar refractivity (Wildman–Crippen MR) is 78.6 cm³/mol. The number of thioether (sulfide) groups is 1. The molecule has 0 aromatic heterocycles. The zero-order chi connectivity index (χ0) is 14.8. The topological polar surface area (TPSA) is 83.5 Å². The van der Waals surface area contributed by atoms with Crippen LogP contribution >= 0.6 is 11.8 Å². The minimum atomic E-state index is -3.03. The highest BCUT2D eigenvalue weighted by molar-refractivity contribution is 8.00. The molecular weight excluding hydrogens is 298 g/mol. The quantitative estimate of drug-likeness (QED) is 0.815. The Balaban J connectivity index is 1.89. The lowest BCUT2D eigenvalue weighted by Crippen LogP contribution is -2.47. The highest BCUT2D eigenvalue weighted by Gasteiger charge is 2.39. The third-order valence-electron chi connectivity index (χ3n) is 3.17. The Labute approximate surface area is 122 Å². The zero-order valence-electron chi connectivity index (χ0n) is 11.1. The number of para-hydroxylation sites is 1. The van der Waals surface area contributed by atoms with Gasteiger partial charge in [0.2, 0.25) is 5.91 Å². The van der Waals surface area contributed by atoms with E-state index in [1.54, 1.807) is 31.2 Å². The van der Waals surface area contributed by atoms with E-state index in [-0.39, 0.29) is 28.9 Å². The van der Waals surface area contributed by atoms with Gasteiger partial charge in [-0.3, -0.25) is 4.79 Å². The second-order valence-electron chi connectivity index (χ2n) is 5.21. The summed E-state index contributed by atoms with van der Waals surface area (Å²) in [6, 6.07) is 6.79. The van der Waals surface area contributed by atoms with Gasteiger partial charge in [-0.15, -0.1) is 11.8 Å². The minimum absolute atomic E-state index is 0.00695. The molecular formula is C13H17NO4S2. The first-order valence-electron chi connectivity index (χ1n) is 6.22. The van der Waals surface area contributed by atoms with E-state index in [1.807, 2.05) is 0 Å². The summed E-state index contributed by atoms with van der Waals surface area (Å²) in [4.78, 5) is 12.5. The molecule has 1 atom stereocenters. The molecule has 1 saturated heterocycles. The number of carbonyl (C=O) groups is 1. The molecule has 1 fully saturated rings. The average molecular weight is 315 g/mol. The number of amides is 1. The van der Waals surface area contributed by atoms with Crippen molar-refractivity contribution >= 4 is 27.5 Å². The van der Waals surface area contributed by atoms with E-state index in [0.717, 1.165) is 0 Å². The van der Waals surface area contributed by atoms with Gasteiger partial charge in [-0.2, -0.15) is 0 Å². The summed E-state index contributed by atoms with van der Waals surface area (Å²) in [6.45, 7) is 1.75. The Kier molecular flexibility index (Phi) is 4.29. The molecule has 1 aliphatic heterocycles. The number of phenols is 1. The molecule has 1 amide bonds. The first-order chi connectivity index (χ1) is 9.30. The van der Waals surface area contributed by atoms with E-state index in [4.69, 9.17) is 0 Å². The van der Waals surface area contributed by atoms with Gasteiger partial charge in [0.05, 0.1) is 22.8 Å². The van der Waals surface area contributed by atoms with Crippen molar-refractivity contribution in [3.63, 3.8) is 0 Å². The SMILES string of the molecule is CC1(NC(=O)CSc2ccccc2O)CCS(=O)(=O)C1. The fourth-order valence-electron chi connectivity index (χ4n) is 2.20. The van der Waals surface area contributed by atoms with E-state index in [0.29, 0.717) is 11.3 Å². The number of benzene rings is 1. The Morgan fingerprint density at radius 2 is 2.15 bits per heavy atom. The van der Waals surface area contributed by atoms with Crippen LogP contribution in [0.15, 0.2) is 29.2 Å². The summed E-state index contributed by atoms with van der Waals surface area (Å²) < 4.78 is 22.9. The van der Waals surface area contributed by atoms with Gasteiger partial charge in [-0.25, -0.2) is 8.42 Å². The molecule has 0 spiro atoms. The number of aromatic hydroxyl groups is 1. The standard InChI is InChI=1S/C13H17NO4S2/c1-13(6-7-20(17,18)9-13)14-12(16)8-19-11-5-3-2-4-10(11)15/h2-5,15H,6-9H2,1H3,(H,14,16). The maximum absolute atomic E-state index is 11.9. The molecule has 1 aliphatic rings. The van der Waals surface area contributed by atoms with Crippen LogP contribution in [0.4, 0.5) is 0 Å². The van der Waals surface area contributed by atoms with Crippen LogP contribution < -0.4 is 5.32 Å². The van der Waals surface area contributed by atoms with Gasteiger partial charge in [0.1, 0.15) is 5.75 Å². The van der Waals surface area contributed by atoms with Gasteiger partial charge >= 0.3 is 0 Å². The van der Waals surface area contributed by atoms with E-state index in [2.05, 4.69) is 5.32 Å². The summed E-state index contributed by atoms with van der Waals surface area (Å²) in [5.41, 5.74) is -0.671. The van der Waals surface area contributed by atoms with Gasteiger partial charge < -0.3 is 10.4 Å². The number of nitrogens with one attached hydrogen (secondary N) is 1. The highest BCUT2D eigenvalue weighted by Crippen LogP contribution is 2.28. The summed E-state index contributed by atoms with van der Waals surface area (Å²) >= 11 is 1.23. The molecule has 7 heteroatoms. The second kappa shape index (κ2) is 5.65. The Morgan fingerprint density at radius 3 is 2.75 bits per heavy atom. The molecule has 0 radical (unpaired) electrons. The van der Waals surface area contributed by atoms with Crippen molar-refractivity contribution in [3.8, 4) is 5.75 Å². The second-order valence-corrected chi connectivity index (χ2v) is 8.41. The number of hydrogen-bond donors (Lipinski definition) is 2. The molecule has 2 rings (SSSR count). The van der Waals surface area contributed by atoms with E-state index < -0.39 is 15.4 Å². The molecule has 2 N–H and O–H groups in total. The Bertz CT molecular complexity index is 615. The predicted octanol–water partition coefficient (Wildman–Crippen LogP) is 1.18. The summed E-state index contributed by atoms with van der Waals surface area (Å²) in [6.07, 6.45) is 0.447. The third-order valence-corrected chi connectivity index (χ3v) is 6.13. The fourth-order valence-corrected chi connectivity index (χ4v) is 5.05. The summed E-state index contributed by atoms with van der Waals surface area (Å²) in [7, 11) is -3.03. The summed E-state index contributed by atoms with van der Waals surface area (Å²) in [5.74, 6) is 0.175. The van der Waals surface area contributed by atoms with Crippen molar-refractivity contribution < 1.29 is 18.3 Å². The van der Waals surface area contributed by atoms with Crippen molar-refractivity contribution in [2.75, 3.05) is 17.3 Å². The van der Waals surface area contributed by atoms with Gasteiger partial charge in [0, 0.05) is 4.90 Å². The molecule has 0 aliphatic carbocycles. The molecule has 1 heterocycles. The van der Waals surface area contributed by atoms with Crippen molar-refractivity contribution in [1.29, 1.82) is 0 Å². The normalized spacial score (nSPS) is 24.4. The average Bonchev–Trinajstić information content (AvgIpc) is 2.62. The maximum Gasteiger partial charge on any atom is 0.230 e. The van der Waals surface area contributed by atoms with Crippen LogP contribution in [-0.4, -0.2) is 42.2 Å². The van der Waals surface area contributed by atoms with Crippen molar-refractivity contribution in [1.82, 2.24) is 5.32 Å². The molecule has 5 nitrogen and oxygen atoms in total. The van der Waals surface area contributed by atoms with Crippen molar-refractivity contribution in [3.05, 3.63) is 24.3 Å². The fraction of sp³-hybridized carbons (Fsp3) is 0.462. The van der Waals surface area contributed by atoms with Gasteiger partial charge in [-0.1, -0.05) is 12.1 Å². The molecule has 1 aromatic carbocycles. The molecule has 110 valence electrons. The largest absolute Gasteiger partial charge is 0.507 e. The summed E-state index contributed by atoms with van der Waals surface area (Å²) in [5, 5.41) is 12.4. The lowest BCUT2D eigenvalue weighted by atomic mass is 10.0. The highest BCUT2D eigenvalue weighted by atomic mass is 32.2. The molecule has 0 bridgehead atoms. The van der Waals surface area contributed by atoms with Crippen LogP contribution in [0.1, 0.15) is 13.3 Å². The lowest BCUT2D eigenvalue weighted by molar-refractivity contribution is -0.120. The molecule has 20 heavy (non-hydrogen) atoms. The monoisotopic (exact) mass is 315 g/mol. The van der Waals surface area contributed by atoms with Crippen LogP contribution in [0.25, 0.3) is 0 Å². The number of phenolic OH excluding ortho intramolecular Hbond substituents is 1. The molecule has 1 aromatic rings. The van der Waals surface area contributed by atoms with Crippen LogP contribution in [0.3, 0.4) is 0 Å². The van der Waals surface area contributed by atoms with E-state index in [1.165, 1.54) is 11.8 Å². The van der Waals surface area contributed by atoms with E-state index >= 15 is 0 Å². The number of sulfone groups is 1. The number of hydrogen-bond acceptors (Lipinski definition) is 5. The zero-order valence-corrected chi connectivity index (χ0v) is 12.8. The Morgan fingerprint density at radius 1 is 1.45 bits per heavy atom. The molecule has 1 unspecified atom stereocenters. The van der Waals surface area contributed by atoms with Crippen LogP contribution in [0.2, 0.25) is 0 Å². The van der Waals surface area contributed by atoms with Crippen LogP contribution in [0.5, 0.6) is 5.75 Å². The lowest BCUT2D eigenvalue weighted by Gasteiger charge is -2.23.